The Bertz CT molecular complexity index is 2200. The topological polar surface area (TPSA) is 68.7 Å². The van der Waals surface area contributed by atoms with Gasteiger partial charge in [-0.2, -0.15) is 0 Å². The minimum Gasteiger partial charge on any atom is -0.512 e. The fourth-order valence-corrected chi connectivity index (χ4v) is 5.82. The molecule has 0 saturated heterocycles. The number of aliphatic hydroxyl groups is 1. The quantitative estimate of drug-likeness (QED) is 0.0636. The van der Waals surface area contributed by atoms with Gasteiger partial charge in [0.2, 0.25) is 5.69 Å². The van der Waals surface area contributed by atoms with Crippen molar-refractivity contribution in [3.8, 4) is 22.5 Å². The normalized spacial score (nSPS) is 10.8. The Balaban J connectivity index is 0.000000155. The average Bonchev–Trinajstić information content (AvgIpc) is 3.11. The molecule has 5 heteroatoms. The molecule has 0 fully saturated rings. The third-order valence-corrected chi connectivity index (χ3v) is 7.83. The Morgan fingerprint density at radius 1 is 0.646 bits per heavy atom. The summed E-state index contributed by atoms with van der Waals surface area (Å²) in [6.45, 7) is 3.00. The van der Waals surface area contributed by atoms with Gasteiger partial charge in [-0.25, -0.2) is 4.98 Å². The molecule has 4 nitrogen and oxygen atoms in total. The van der Waals surface area contributed by atoms with Gasteiger partial charge in [0.25, 0.3) is 0 Å². The molecule has 2 heterocycles. The first kappa shape index (κ1) is 33.9. The number of aromatic amines is 1. The van der Waals surface area contributed by atoms with Crippen LogP contribution in [0.25, 0.3) is 65.6 Å². The number of fused-ring (bicyclic) bond motifs is 6. The summed E-state index contributed by atoms with van der Waals surface area (Å²) in [5.41, 5.74) is 4.42. The van der Waals surface area contributed by atoms with Crippen molar-refractivity contribution >= 4 is 48.9 Å². The first-order valence-electron chi connectivity index (χ1n) is 15.5. The first-order valence-corrected chi connectivity index (χ1v) is 15.5. The van der Waals surface area contributed by atoms with Gasteiger partial charge in [0, 0.05) is 43.3 Å². The maximum absolute atomic E-state index is 8.40. The van der Waals surface area contributed by atoms with Gasteiger partial charge < -0.3 is 10.1 Å². The van der Waals surface area contributed by atoms with Crippen molar-refractivity contribution in [1.82, 2.24) is 4.98 Å². The van der Waals surface area contributed by atoms with E-state index in [4.69, 9.17) is 9.90 Å². The summed E-state index contributed by atoms with van der Waals surface area (Å²) in [5, 5.41) is 18.5. The van der Waals surface area contributed by atoms with Crippen LogP contribution in [0.2, 0.25) is 0 Å². The zero-order valence-corrected chi connectivity index (χ0v) is 29.1. The van der Waals surface area contributed by atoms with Crippen molar-refractivity contribution in [2.45, 2.75) is 13.8 Å². The van der Waals surface area contributed by atoms with E-state index in [0.29, 0.717) is 0 Å². The van der Waals surface area contributed by atoms with E-state index in [2.05, 4.69) is 131 Å². The fraction of sp³-hybridized carbons (Fsp3) is 0.0465. The number of rotatable bonds is 3. The van der Waals surface area contributed by atoms with Gasteiger partial charge >= 0.3 is 5.78 Å². The second kappa shape index (κ2) is 15.9. The molecule has 0 saturated carbocycles. The van der Waals surface area contributed by atoms with E-state index in [-0.39, 0.29) is 31.6 Å². The predicted octanol–water partition coefficient (Wildman–Crippen LogP) is 10.3. The van der Waals surface area contributed by atoms with E-state index in [9.17, 15) is 0 Å². The number of aliphatic hydroxyl groups excluding tert-OH is 1. The molecule has 1 radical (unpaired) electrons. The number of nitrogens with one attached hydrogen (secondary N) is 1. The van der Waals surface area contributed by atoms with Crippen LogP contribution in [0.1, 0.15) is 13.8 Å². The maximum Gasteiger partial charge on any atom is 0.316 e. The van der Waals surface area contributed by atoms with Crippen LogP contribution in [0.4, 0.5) is 0 Å². The molecule has 6 aromatic carbocycles. The molecular formula is C43H35IrN2O2+. The van der Waals surface area contributed by atoms with Crippen LogP contribution < -0.4 is 4.98 Å². The largest absolute Gasteiger partial charge is 0.512 e. The third-order valence-electron chi connectivity index (χ3n) is 7.83. The minimum atomic E-state index is 0. The first-order chi connectivity index (χ1) is 23.0. The number of benzene rings is 6. The minimum absolute atomic E-state index is 0. The predicted molar refractivity (Wildman–Crippen MR) is 196 cm³/mol. The van der Waals surface area contributed by atoms with Crippen molar-refractivity contribution in [2.75, 3.05) is 0 Å². The zero-order chi connectivity index (χ0) is 32.6. The molecule has 3 N–H and O–H groups in total. The van der Waals surface area contributed by atoms with E-state index in [1.54, 1.807) is 0 Å². The van der Waals surface area contributed by atoms with Crippen molar-refractivity contribution in [1.29, 1.82) is 0 Å². The summed E-state index contributed by atoms with van der Waals surface area (Å²) in [6.07, 6.45) is 5.18. The smallest absolute Gasteiger partial charge is 0.316 e. The van der Waals surface area contributed by atoms with Gasteiger partial charge in [-0.3, -0.25) is 4.79 Å². The molecule has 0 aliphatic carbocycles. The van der Waals surface area contributed by atoms with Crippen LogP contribution in [-0.2, 0) is 20.1 Å². The van der Waals surface area contributed by atoms with Gasteiger partial charge in [-0.15, -0.1) is 35.9 Å². The SMILES string of the molecule is CC(=[OH+])C=C(C)O.[Ir].[c-]1ccccc1-c1nccc2c1ccc1ccccc12.c1ccc(-c2[nH+]ccc3c2ccc2ccccc23)cc1. The fourth-order valence-electron chi connectivity index (χ4n) is 5.82. The Morgan fingerprint density at radius 2 is 1.25 bits per heavy atom. The Hall–Kier alpha value is -5.48. The number of pyridine rings is 2. The van der Waals surface area contributed by atoms with E-state index in [1.165, 1.54) is 74.3 Å². The van der Waals surface area contributed by atoms with Gasteiger partial charge in [-0.1, -0.05) is 84.9 Å². The summed E-state index contributed by atoms with van der Waals surface area (Å²) >= 11 is 0. The monoisotopic (exact) mass is 804 g/mol. The van der Waals surface area contributed by atoms with Gasteiger partial charge in [-0.05, 0) is 69.2 Å². The summed E-state index contributed by atoms with van der Waals surface area (Å²) in [7, 11) is 0. The van der Waals surface area contributed by atoms with Gasteiger partial charge in [0.15, 0.2) is 6.20 Å². The van der Waals surface area contributed by atoms with E-state index in [1.807, 2.05) is 36.7 Å². The third kappa shape index (κ3) is 7.72. The molecule has 8 rings (SSSR count). The Morgan fingerprint density at radius 3 is 1.85 bits per heavy atom. The number of aromatic nitrogens is 2. The Labute approximate surface area is 293 Å². The molecule has 48 heavy (non-hydrogen) atoms. The van der Waals surface area contributed by atoms with Crippen molar-refractivity contribution in [3.05, 3.63) is 170 Å². The van der Waals surface area contributed by atoms with Crippen molar-refractivity contribution < 1.29 is 35.0 Å². The van der Waals surface area contributed by atoms with Gasteiger partial charge in [0.05, 0.1) is 24.1 Å². The molecule has 0 aliphatic heterocycles. The van der Waals surface area contributed by atoms with Crippen LogP contribution in [0.3, 0.4) is 0 Å². The number of hydrogen-bond acceptors (Lipinski definition) is 2. The van der Waals surface area contributed by atoms with E-state index < -0.39 is 0 Å². The van der Waals surface area contributed by atoms with Crippen LogP contribution >= 0.6 is 0 Å². The number of hydrogen-bond donors (Lipinski definition) is 1. The molecule has 0 bridgehead atoms. The molecule has 0 aliphatic rings. The summed E-state index contributed by atoms with van der Waals surface area (Å²) in [5.74, 6) is 0.250. The molecular weight excluding hydrogens is 769 g/mol. The molecule has 237 valence electrons. The van der Waals surface area contributed by atoms with Crippen LogP contribution in [0, 0.1) is 6.07 Å². The Kier molecular flexibility index (Phi) is 11.2. The average molecular weight is 804 g/mol. The number of H-pyrrole nitrogens is 1. The summed E-state index contributed by atoms with van der Waals surface area (Å²) < 4.78 is 0. The number of ketones is 1. The molecule has 0 unspecified atom stereocenters. The number of allylic oxidation sites excluding steroid dienone is 2. The van der Waals surface area contributed by atoms with Crippen molar-refractivity contribution in [2.24, 2.45) is 0 Å². The standard InChI is InChI=1S/C19H13N.C19H12N.C5H8O2.Ir/c2*1-2-7-15(8-3-1)19-18-11-10-14-6-4-5-9-16(14)17(18)12-13-20-19;1-4(6)3-5(2)7;/h1-13H;1-7,9-13H;3,6H,1-2H3;/q;-1;;/p+2. The summed E-state index contributed by atoms with van der Waals surface area (Å²) in [4.78, 5) is 16.3. The van der Waals surface area contributed by atoms with E-state index >= 15 is 0 Å². The van der Waals surface area contributed by atoms with Crippen LogP contribution in [0.5, 0.6) is 0 Å². The molecule has 0 atom stereocenters. The number of nitrogens with zero attached hydrogens (tertiary/aromatic N) is 1. The molecule has 2 aromatic heterocycles. The maximum atomic E-state index is 8.40. The second-order valence-corrected chi connectivity index (χ2v) is 11.2. The van der Waals surface area contributed by atoms with Crippen LogP contribution in [0.15, 0.2) is 164 Å². The molecule has 8 aromatic rings. The molecule has 0 spiro atoms. The molecule has 0 amide bonds. The zero-order valence-electron chi connectivity index (χ0n) is 26.7. The van der Waals surface area contributed by atoms with E-state index in [0.717, 1.165) is 11.3 Å². The number of carbonyl (C=O) groups excluding carboxylic acids is 1. The summed E-state index contributed by atoms with van der Waals surface area (Å²) in [6, 6.07) is 51.6. The van der Waals surface area contributed by atoms with Gasteiger partial charge in [0.1, 0.15) is 0 Å². The van der Waals surface area contributed by atoms with Crippen molar-refractivity contribution in [3.63, 3.8) is 0 Å². The van der Waals surface area contributed by atoms with Crippen LogP contribution in [-0.4, -0.2) is 20.7 Å². The second-order valence-electron chi connectivity index (χ2n) is 11.2.